The molecule has 1 heterocycles. The number of hydrogen-bond donors (Lipinski definition) is 0. The molecule has 0 N–H and O–H groups in total. The Balaban J connectivity index is 1.50. The van der Waals surface area contributed by atoms with Gasteiger partial charge in [0.1, 0.15) is 0 Å². The van der Waals surface area contributed by atoms with E-state index in [0.29, 0.717) is 0 Å². The van der Waals surface area contributed by atoms with Crippen molar-refractivity contribution in [1.82, 2.24) is 4.57 Å². The van der Waals surface area contributed by atoms with Crippen molar-refractivity contribution in [3.05, 3.63) is 96.6 Å². The average Bonchev–Trinajstić information content (AvgIpc) is 3.16. The normalized spacial score (nSPS) is 16.8. The van der Waals surface area contributed by atoms with Crippen molar-refractivity contribution < 1.29 is 0 Å². The van der Waals surface area contributed by atoms with Crippen LogP contribution in [0.1, 0.15) is 38.2 Å². The van der Waals surface area contributed by atoms with Crippen molar-refractivity contribution >= 4 is 38.2 Å². The van der Waals surface area contributed by atoms with E-state index in [2.05, 4.69) is 102 Å². The number of benzene rings is 4. The van der Waals surface area contributed by atoms with Crippen LogP contribution in [0, 0.1) is 5.92 Å². The van der Waals surface area contributed by atoms with Crippen LogP contribution in [0.5, 0.6) is 0 Å². The molecule has 0 amide bonds. The van der Waals surface area contributed by atoms with Crippen LogP contribution in [0.2, 0.25) is 0 Å². The summed E-state index contributed by atoms with van der Waals surface area (Å²) in [7, 11) is 0. The molecule has 0 fully saturated rings. The Morgan fingerprint density at radius 1 is 0.774 bits per heavy atom. The molecule has 0 saturated heterocycles. The minimum absolute atomic E-state index is 0.871. The third-order valence-corrected chi connectivity index (χ3v) is 7.13. The van der Waals surface area contributed by atoms with Crippen molar-refractivity contribution in [1.29, 1.82) is 0 Å². The summed E-state index contributed by atoms with van der Waals surface area (Å²) in [6.45, 7) is 2.31. The first-order valence-electron chi connectivity index (χ1n) is 11.5. The summed E-state index contributed by atoms with van der Waals surface area (Å²) in [5.74, 6) is 0.871. The van der Waals surface area contributed by atoms with Crippen molar-refractivity contribution in [3.8, 4) is 5.69 Å². The van der Waals surface area contributed by atoms with Gasteiger partial charge in [-0.3, -0.25) is 0 Å². The minimum Gasteiger partial charge on any atom is -0.309 e. The second-order valence-electron chi connectivity index (χ2n) is 8.89. The van der Waals surface area contributed by atoms with Gasteiger partial charge in [0.2, 0.25) is 0 Å². The van der Waals surface area contributed by atoms with E-state index in [1.807, 2.05) is 0 Å². The highest BCUT2D eigenvalue weighted by Gasteiger charge is 2.15. The summed E-state index contributed by atoms with van der Waals surface area (Å²) < 4.78 is 2.42. The summed E-state index contributed by atoms with van der Waals surface area (Å²) in [5, 5.41) is 5.21. The van der Waals surface area contributed by atoms with Crippen molar-refractivity contribution in [2.24, 2.45) is 5.92 Å². The molecule has 1 nitrogen and oxygen atoms in total. The van der Waals surface area contributed by atoms with E-state index in [9.17, 15) is 0 Å². The fourth-order valence-electron chi connectivity index (χ4n) is 5.28. The van der Waals surface area contributed by atoms with Gasteiger partial charge in [0.25, 0.3) is 0 Å². The zero-order chi connectivity index (χ0) is 20.8. The molecule has 4 aromatic carbocycles. The Hall–Kier alpha value is -3.32. The third-order valence-electron chi connectivity index (χ3n) is 7.13. The third kappa shape index (κ3) is 3.08. The molecule has 1 aromatic heterocycles. The van der Waals surface area contributed by atoms with Gasteiger partial charge in [-0.05, 0) is 77.4 Å². The molecule has 1 aliphatic rings. The Morgan fingerprint density at radius 3 is 2.26 bits per heavy atom. The van der Waals surface area contributed by atoms with Gasteiger partial charge >= 0.3 is 0 Å². The first-order valence-corrected chi connectivity index (χ1v) is 11.5. The molecule has 1 atom stereocenters. The summed E-state index contributed by atoms with van der Waals surface area (Å²) in [6, 6.07) is 31.3. The molecular weight excluding hydrogens is 374 g/mol. The largest absolute Gasteiger partial charge is 0.309 e. The van der Waals surface area contributed by atoms with Gasteiger partial charge in [-0.25, -0.2) is 0 Å². The molecular formula is C30H27N. The molecule has 5 aromatic rings. The predicted octanol–water partition coefficient (Wildman–Crippen LogP) is 8.53. The fourth-order valence-corrected chi connectivity index (χ4v) is 5.28. The zero-order valence-corrected chi connectivity index (χ0v) is 18.0. The number of aromatic nitrogens is 1. The van der Waals surface area contributed by atoms with Crippen LogP contribution < -0.4 is 0 Å². The summed E-state index contributed by atoms with van der Waals surface area (Å²) in [5.41, 5.74) is 6.67. The molecule has 1 heteroatoms. The highest BCUT2D eigenvalue weighted by Crippen LogP contribution is 2.36. The maximum Gasteiger partial charge on any atom is 0.0547 e. The fraction of sp³-hybridized carbons (Fsp3) is 0.200. The topological polar surface area (TPSA) is 4.93 Å². The van der Waals surface area contributed by atoms with E-state index in [1.165, 1.54) is 75.1 Å². The van der Waals surface area contributed by atoms with Gasteiger partial charge in [-0.2, -0.15) is 0 Å². The molecule has 6 rings (SSSR count). The Labute approximate surface area is 183 Å². The standard InChI is InChI=1S/C30H27N/c1-2-21-11-13-22(14-12-21)23-15-17-26(18-16-23)31-29-10-6-5-9-27(29)28-19-24-7-3-4-8-25(24)20-30(28)31/h3-10,13,15-21H,2,11-12,14H2,1H3. The van der Waals surface area contributed by atoms with Gasteiger partial charge in [0, 0.05) is 16.5 Å². The maximum atomic E-state index is 2.47. The number of para-hydroxylation sites is 1. The quantitative estimate of drug-likeness (QED) is 0.285. The summed E-state index contributed by atoms with van der Waals surface area (Å²) in [6.07, 6.45) is 7.53. The SMILES string of the molecule is CCC1CC=C(c2ccc(-n3c4ccccc4c4cc5ccccc5cc43)cc2)CC1. The Morgan fingerprint density at radius 2 is 1.52 bits per heavy atom. The summed E-state index contributed by atoms with van der Waals surface area (Å²) in [4.78, 5) is 0. The second-order valence-corrected chi connectivity index (χ2v) is 8.89. The molecule has 0 radical (unpaired) electrons. The number of hydrogen-bond acceptors (Lipinski definition) is 0. The lowest BCUT2D eigenvalue weighted by Crippen LogP contribution is -2.04. The number of rotatable bonds is 3. The number of nitrogens with zero attached hydrogens (tertiary/aromatic N) is 1. The molecule has 0 saturated carbocycles. The van der Waals surface area contributed by atoms with Gasteiger partial charge in [0.15, 0.2) is 0 Å². The average molecular weight is 402 g/mol. The predicted molar refractivity (Wildman–Crippen MR) is 134 cm³/mol. The maximum absolute atomic E-state index is 2.47. The van der Waals surface area contributed by atoms with Gasteiger partial charge in [-0.15, -0.1) is 0 Å². The highest BCUT2D eigenvalue weighted by molar-refractivity contribution is 6.13. The van der Waals surface area contributed by atoms with Crippen molar-refractivity contribution in [2.75, 3.05) is 0 Å². The van der Waals surface area contributed by atoms with Gasteiger partial charge in [0.05, 0.1) is 11.0 Å². The van der Waals surface area contributed by atoms with Crippen LogP contribution in [0.15, 0.2) is 91.0 Å². The first kappa shape index (κ1) is 18.4. The van der Waals surface area contributed by atoms with Crippen LogP contribution in [-0.4, -0.2) is 4.57 Å². The number of allylic oxidation sites excluding steroid dienone is 2. The lowest BCUT2D eigenvalue weighted by Gasteiger charge is -2.21. The Kier molecular flexibility index (Phi) is 4.42. The van der Waals surface area contributed by atoms with E-state index in [0.717, 1.165) is 5.92 Å². The molecule has 0 bridgehead atoms. The highest BCUT2D eigenvalue weighted by atomic mass is 15.0. The molecule has 0 aliphatic heterocycles. The van der Waals surface area contributed by atoms with E-state index < -0.39 is 0 Å². The van der Waals surface area contributed by atoms with Gasteiger partial charge < -0.3 is 4.57 Å². The van der Waals surface area contributed by atoms with Crippen LogP contribution in [0.4, 0.5) is 0 Å². The van der Waals surface area contributed by atoms with E-state index in [1.54, 1.807) is 0 Å². The van der Waals surface area contributed by atoms with Crippen LogP contribution in [-0.2, 0) is 0 Å². The molecule has 31 heavy (non-hydrogen) atoms. The zero-order valence-electron chi connectivity index (χ0n) is 18.0. The lowest BCUT2D eigenvalue weighted by molar-refractivity contribution is 0.471. The summed E-state index contributed by atoms with van der Waals surface area (Å²) >= 11 is 0. The minimum atomic E-state index is 0.871. The smallest absolute Gasteiger partial charge is 0.0547 e. The molecule has 1 unspecified atom stereocenters. The lowest BCUT2D eigenvalue weighted by atomic mass is 9.85. The molecule has 152 valence electrons. The monoisotopic (exact) mass is 401 g/mol. The molecule has 0 spiro atoms. The number of fused-ring (bicyclic) bond motifs is 4. The van der Waals surface area contributed by atoms with E-state index in [-0.39, 0.29) is 0 Å². The van der Waals surface area contributed by atoms with E-state index in [4.69, 9.17) is 0 Å². The van der Waals surface area contributed by atoms with Gasteiger partial charge in [-0.1, -0.05) is 74.0 Å². The Bertz CT molecular complexity index is 1430. The molecule has 1 aliphatic carbocycles. The van der Waals surface area contributed by atoms with Crippen molar-refractivity contribution in [3.63, 3.8) is 0 Å². The van der Waals surface area contributed by atoms with E-state index >= 15 is 0 Å². The second kappa shape index (κ2) is 7.42. The van der Waals surface area contributed by atoms with Crippen LogP contribution >= 0.6 is 0 Å². The van der Waals surface area contributed by atoms with Crippen LogP contribution in [0.3, 0.4) is 0 Å². The van der Waals surface area contributed by atoms with Crippen LogP contribution in [0.25, 0.3) is 43.8 Å². The first-order chi connectivity index (χ1) is 15.3. The van der Waals surface area contributed by atoms with Crippen molar-refractivity contribution in [2.45, 2.75) is 32.6 Å².